The van der Waals surface area contributed by atoms with E-state index in [1.165, 1.54) is 19.5 Å². The number of hydrogen-bond acceptors (Lipinski definition) is 3. The van der Waals surface area contributed by atoms with Gasteiger partial charge >= 0.3 is 0 Å². The summed E-state index contributed by atoms with van der Waals surface area (Å²) >= 11 is 0. The molecule has 5 heteroatoms. The molecule has 2 aliphatic heterocycles. The molecule has 0 saturated carbocycles. The van der Waals surface area contributed by atoms with Gasteiger partial charge in [0.15, 0.2) is 0 Å². The van der Waals surface area contributed by atoms with E-state index in [1.807, 2.05) is 0 Å². The molecule has 2 saturated heterocycles. The predicted molar refractivity (Wildman–Crippen MR) is 58.1 cm³/mol. The van der Waals surface area contributed by atoms with Crippen LogP contribution < -0.4 is 5.32 Å². The predicted octanol–water partition coefficient (Wildman–Crippen LogP) is 0.522. The maximum absolute atomic E-state index is 5.05. The fraction of sp³-hybridized carbons (Fsp3) is 1.00. The van der Waals surface area contributed by atoms with Crippen molar-refractivity contribution in [2.24, 2.45) is 0 Å². The highest BCUT2D eigenvalue weighted by Crippen LogP contribution is 2.22. The SMILES string of the molecule is COCCN1C[C@H]2C[C@@H]1CN2.Cl.Cl. The summed E-state index contributed by atoms with van der Waals surface area (Å²) in [5.41, 5.74) is 0. The van der Waals surface area contributed by atoms with E-state index in [9.17, 15) is 0 Å². The number of methoxy groups -OCH3 is 1. The van der Waals surface area contributed by atoms with Crippen LogP contribution in [0.25, 0.3) is 0 Å². The number of piperazine rings is 1. The molecule has 3 nitrogen and oxygen atoms in total. The number of rotatable bonds is 3. The molecular formula is C8H18Cl2N2O. The lowest BCUT2D eigenvalue weighted by Gasteiger charge is -2.26. The van der Waals surface area contributed by atoms with Crippen molar-refractivity contribution in [2.75, 3.05) is 33.4 Å². The van der Waals surface area contributed by atoms with Gasteiger partial charge < -0.3 is 10.1 Å². The van der Waals surface area contributed by atoms with Crippen LogP contribution >= 0.6 is 24.8 Å². The van der Waals surface area contributed by atoms with E-state index in [4.69, 9.17) is 4.74 Å². The molecule has 2 heterocycles. The Kier molecular flexibility index (Phi) is 6.25. The summed E-state index contributed by atoms with van der Waals surface area (Å²) in [6.45, 7) is 4.41. The Balaban J connectivity index is 0.000000720. The molecule has 2 fully saturated rings. The third-order valence-electron chi connectivity index (χ3n) is 2.75. The highest BCUT2D eigenvalue weighted by atomic mass is 35.5. The van der Waals surface area contributed by atoms with E-state index in [1.54, 1.807) is 7.11 Å². The third kappa shape index (κ3) is 2.96. The third-order valence-corrected chi connectivity index (χ3v) is 2.75. The Morgan fingerprint density at radius 2 is 2.23 bits per heavy atom. The highest BCUT2D eigenvalue weighted by Gasteiger charge is 2.36. The first-order valence-electron chi connectivity index (χ1n) is 4.36. The second-order valence-corrected chi connectivity index (χ2v) is 3.48. The molecule has 0 aliphatic carbocycles. The second-order valence-electron chi connectivity index (χ2n) is 3.48. The molecule has 2 rings (SSSR count). The molecule has 2 bridgehead atoms. The van der Waals surface area contributed by atoms with Gasteiger partial charge in [-0.1, -0.05) is 0 Å². The Morgan fingerprint density at radius 1 is 1.46 bits per heavy atom. The molecule has 0 aromatic carbocycles. The van der Waals surface area contributed by atoms with Crippen LogP contribution in [0.3, 0.4) is 0 Å². The summed E-state index contributed by atoms with van der Waals surface area (Å²) in [7, 11) is 1.77. The minimum atomic E-state index is 0. The summed E-state index contributed by atoms with van der Waals surface area (Å²) in [4.78, 5) is 2.53. The van der Waals surface area contributed by atoms with Crippen molar-refractivity contribution in [1.29, 1.82) is 0 Å². The first-order chi connectivity index (χ1) is 5.40. The Labute approximate surface area is 92.0 Å². The lowest BCUT2D eigenvalue weighted by Crippen LogP contribution is -2.44. The molecule has 0 aromatic rings. The molecule has 0 unspecified atom stereocenters. The fourth-order valence-corrected chi connectivity index (χ4v) is 2.13. The zero-order valence-electron chi connectivity index (χ0n) is 7.86. The summed E-state index contributed by atoms with van der Waals surface area (Å²) in [6.07, 6.45) is 1.35. The molecule has 80 valence electrons. The summed E-state index contributed by atoms with van der Waals surface area (Å²) in [6, 6.07) is 1.58. The van der Waals surface area contributed by atoms with Gasteiger partial charge in [-0.2, -0.15) is 0 Å². The maximum atomic E-state index is 5.05. The fourth-order valence-electron chi connectivity index (χ4n) is 2.13. The van der Waals surface area contributed by atoms with Crippen molar-refractivity contribution >= 4 is 24.8 Å². The number of nitrogens with zero attached hydrogens (tertiary/aromatic N) is 1. The zero-order chi connectivity index (χ0) is 7.68. The Morgan fingerprint density at radius 3 is 2.69 bits per heavy atom. The molecule has 2 atom stereocenters. The van der Waals surface area contributed by atoms with E-state index < -0.39 is 0 Å². The number of nitrogens with one attached hydrogen (secondary N) is 1. The van der Waals surface area contributed by atoms with Crippen LogP contribution in [-0.2, 0) is 4.74 Å². The molecule has 13 heavy (non-hydrogen) atoms. The molecular weight excluding hydrogens is 211 g/mol. The minimum absolute atomic E-state index is 0. The van der Waals surface area contributed by atoms with Gasteiger partial charge in [0.05, 0.1) is 6.61 Å². The smallest absolute Gasteiger partial charge is 0.0589 e. The van der Waals surface area contributed by atoms with E-state index in [-0.39, 0.29) is 24.8 Å². The monoisotopic (exact) mass is 228 g/mol. The molecule has 0 aromatic heterocycles. The van der Waals surface area contributed by atoms with Crippen LogP contribution in [0.1, 0.15) is 6.42 Å². The van der Waals surface area contributed by atoms with Crippen molar-refractivity contribution in [1.82, 2.24) is 10.2 Å². The van der Waals surface area contributed by atoms with Gasteiger partial charge in [0.2, 0.25) is 0 Å². The number of ether oxygens (including phenoxy) is 1. The van der Waals surface area contributed by atoms with Crippen LogP contribution in [0.15, 0.2) is 0 Å². The minimum Gasteiger partial charge on any atom is -0.383 e. The molecule has 0 spiro atoms. The van der Waals surface area contributed by atoms with Gasteiger partial charge in [-0.15, -0.1) is 24.8 Å². The number of likely N-dealkylation sites (tertiary alicyclic amines) is 1. The normalized spacial score (nSPS) is 31.2. The van der Waals surface area contributed by atoms with Crippen molar-refractivity contribution < 1.29 is 4.74 Å². The van der Waals surface area contributed by atoms with Gasteiger partial charge in [0.25, 0.3) is 0 Å². The standard InChI is InChI=1S/C8H16N2O.2ClH/c1-11-3-2-10-6-7-4-8(10)5-9-7;;/h7-9H,2-6H2,1H3;2*1H/t7-,8-;;/m1../s1. The van der Waals surface area contributed by atoms with Crippen LogP contribution in [0.2, 0.25) is 0 Å². The van der Waals surface area contributed by atoms with E-state index in [0.717, 1.165) is 25.2 Å². The van der Waals surface area contributed by atoms with Gasteiger partial charge in [0.1, 0.15) is 0 Å². The first kappa shape index (κ1) is 13.5. The van der Waals surface area contributed by atoms with Gasteiger partial charge in [-0.05, 0) is 6.42 Å². The molecule has 0 amide bonds. The Bertz CT molecular complexity index is 148. The van der Waals surface area contributed by atoms with Crippen LogP contribution in [0, 0.1) is 0 Å². The average molecular weight is 229 g/mol. The topological polar surface area (TPSA) is 24.5 Å². The number of fused-ring (bicyclic) bond motifs is 2. The number of hydrogen-bond donors (Lipinski definition) is 1. The highest BCUT2D eigenvalue weighted by molar-refractivity contribution is 5.85. The van der Waals surface area contributed by atoms with Crippen molar-refractivity contribution in [3.63, 3.8) is 0 Å². The van der Waals surface area contributed by atoms with E-state index >= 15 is 0 Å². The largest absolute Gasteiger partial charge is 0.383 e. The van der Waals surface area contributed by atoms with Gasteiger partial charge in [0, 0.05) is 38.8 Å². The number of halogens is 2. The van der Waals surface area contributed by atoms with E-state index in [2.05, 4.69) is 10.2 Å². The molecule has 0 radical (unpaired) electrons. The van der Waals surface area contributed by atoms with Crippen molar-refractivity contribution in [2.45, 2.75) is 18.5 Å². The average Bonchev–Trinajstić information content (AvgIpc) is 2.60. The lowest BCUT2D eigenvalue weighted by atomic mass is 10.2. The van der Waals surface area contributed by atoms with Crippen molar-refractivity contribution in [3.05, 3.63) is 0 Å². The quantitative estimate of drug-likeness (QED) is 0.763. The molecule has 1 N–H and O–H groups in total. The summed E-state index contributed by atoms with van der Waals surface area (Å²) in [5.74, 6) is 0. The summed E-state index contributed by atoms with van der Waals surface area (Å²) < 4.78 is 5.05. The second kappa shape index (κ2) is 6.04. The van der Waals surface area contributed by atoms with Crippen LogP contribution in [-0.4, -0.2) is 50.3 Å². The van der Waals surface area contributed by atoms with E-state index in [0.29, 0.717) is 0 Å². The van der Waals surface area contributed by atoms with Crippen LogP contribution in [0.5, 0.6) is 0 Å². The van der Waals surface area contributed by atoms with Crippen molar-refractivity contribution in [3.8, 4) is 0 Å². The zero-order valence-corrected chi connectivity index (χ0v) is 9.50. The maximum Gasteiger partial charge on any atom is 0.0589 e. The van der Waals surface area contributed by atoms with Crippen LogP contribution in [0.4, 0.5) is 0 Å². The Hall–Kier alpha value is 0.460. The first-order valence-corrected chi connectivity index (χ1v) is 4.36. The van der Waals surface area contributed by atoms with Gasteiger partial charge in [-0.25, -0.2) is 0 Å². The van der Waals surface area contributed by atoms with Gasteiger partial charge in [-0.3, -0.25) is 4.90 Å². The summed E-state index contributed by atoms with van der Waals surface area (Å²) in [5, 5.41) is 3.48. The lowest BCUT2D eigenvalue weighted by molar-refractivity contribution is 0.133. The molecule has 2 aliphatic rings.